The van der Waals surface area contributed by atoms with E-state index in [-0.39, 0.29) is 18.4 Å². The molecule has 1 heterocycles. The van der Waals surface area contributed by atoms with Crippen LogP contribution in [0, 0.1) is 6.92 Å². The first-order chi connectivity index (χ1) is 20.0. The number of para-hydroxylation sites is 2. The summed E-state index contributed by atoms with van der Waals surface area (Å²) in [7, 11) is 1.61. The molecule has 210 valence electrons. The fourth-order valence-corrected chi connectivity index (χ4v) is 4.84. The molecule has 0 saturated carbocycles. The molecule has 0 aromatic heterocycles. The number of ether oxygens (including phenoxy) is 3. The molecular weight excluding hydrogens is 516 g/mol. The number of fused-ring (bicyclic) bond motifs is 1. The van der Waals surface area contributed by atoms with Crippen molar-refractivity contribution in [2.45, 2.75) is 32.0 Å². The second-order valence-corrected chi connectivity index (χ2v) is 10.0. The van der Waals surface area contributed by atoms with Gasteiger partial charge in [0.15, 0.2) is 11.5 Å². The zero-order valence-electron chi connectivity index (χ0n) is 23.3. The minimum Gasteiger partial charge on any atom is -0.497 e. The predicted molar refractivity (Wildman–Crippen MR) is 157 cm³/mol. The fourth-order valence-electron chi connectivity index (χ4n) is 4.84. The van der Waals surface area contributed by atoms with E-state index in [1.165, 1.54) is 0 Å². The van der Waals surface area contributed by atoms with Crippen LogP contribution in [0.1, 0.15) is 28.3 Å². The van der Waals surface area contributed by atoms with Gasteiger partial charge in [0, 0.05) is 13.1 Å². The van der Waals surface area contributed by atoms with Crippen LogP contribution in [-0.4, -0.2) is 43.1 Å². The molecule has 0 aliphatic carbocycles. The van der Waals surface area contributed by atoms with Gasteiger partial charge in [0.25, 0.3) is 5.91 Å². The number of carbonyl (C=O) groups excluding carboxylic acids is 2. The lowest BCUT2D eigenvalue weighted by Gasteiger charge is -2.35. The van der Waals surface area contributed by atoms with Crippen molar-refractivity contribution in [1.29, 1.82) is 0 Å². The highest BCUT2D eigenvalue weighted by Crippen LogP contribution is 2.32. The molecule has 7 nitrogen and oxygen atoms in total. The summed E-state index contributed by atoms with van der Waals surface area (Å²) < 4.78 is 17.2. The standard InChI is InChI=1S/C34H34N2O5/c1-24-12-16-27(17-13-24)32(33(37)35-22-26-14-18-28(39-2)19-15-26)36(21-20-25-8-4-3-5-9-25)34(38)31-23-40-29-10-6-7-11-30(29)41-31/h3-19,31-32H,20-23H2,1-2H3,(H,35,37)/t31-,32-/m1/s1. The molecule has 0 fully saturated rings. The molecule has 1 N–H and O–H groups in total. The number of methoxy groups -OCH3 is 1. The van der Waals surface area contributed by atoms with Crippen molar-refractivity contribution in [3.8, 4) is 17.2 Å². The van der Waals surface area contributed by atoms with Gasteiger partial charge >= 0.3 is 0 Å². The van der Waals surface area contributed by atoms with Gasteiger partial charge in [0.2, 0.25) is 12.0 Å². The Balaban J connectivity index is 1.44. The number of nitrogens with one attached hydrogen (secondary N) is 1. The number of aryl methyl sites for hydroxylation is 1. The second-order valence-electron chi connectivity index (χ2n) is 10.0. The Morgan fingerprint density at radius 1 is 0.878 bits per heavy atom. The van der Waals surface area contributed by atoms with Gasteiger partial charge in [-0.3, -0.25) is 9.59 Å². The van der Waals surface area contributed by atoms with Crippen molar-refractivity contribution >= 4 is 11.8 Å². The van der Waals surface area contributed by atoms with Crippen LogP contribution < -0.4 is 19.5 Å². The molecule has 0 saturated heterocycles. The number of amides is 2. The number of benzene rings is 4. The van der Waals surface area contributed by atoms with Gasteiger partial charge in [-0.2, -0.15) is 0 Å². The summed E-state index contributed by atoms with van der Waals surface area (Å²) in [6, 6.07) is 31.6. The lowest BCUT2D eigenvalue weighted by atomic mass is 10.0. The summed E-state index contributed by atoms with van der Waals surface area (Å²) >= 11 is 0. The van der Waals surface area contributed by atoms with Gasteiger partial charge < -0.3 is 24.4 Å². The van der Waals surface area contributed by atoms with Crippen molar-refractivity contribution in [1.82, 2.24) is 10.2 Å². The topological polar surface area (TPSA) is 77.1 Å². The first kappa shape index (κ1) is 27.8. The van der Waals surface area contributed by atoms with Gasteiger partial charge in [-0.05, 0) is 54.3 Å². The van der Waals surface area contributed by atoms with Crippen LogP contribution in [0.2, 0.25) is 0 Å². The van der Waals surface area contributed by atoms with E-state index in [2.05, 4.69) is 5.32 Å². The van der Waals surface area contributed by atoms with E-state index in [4.69, 9.17) is 14.2 Å². The third kappa shape index (κ3) is 6.87. The zero-order valence-corrected chi connectivity index (χ0v) is 23.3. The predicted octanol–water partition coefficient (Wildman–Crippen LogP) is 5.27. The van der Waals surface area contributed by atoms with Crippen molar-refractivity contribution in [3.63, 3.8) is 0 Å². The molecule has 4 aromatic carbocycles. The maximum Gasteiger partial charge on any atom is 0.268 e. The van der Waals surface area contributed by atoms with Crippen LogP contribution in [0.3, 0.4) is 0 Å². The Hall–Kier alpha value is -4.78. The van der Waals surface area contributed by atoms with Crippen LogP contribution in [0.15, 0.2) is 103 Å². The van der Waals surface area contributed by atoms with Crippen molar-refractivity contribution in [2.24, 2.45) is 0 Å². The molecule has 2 atom stereocenters. The largest absolute Gasteiger partial charge is 0.497 e. The summed E-state index contributed by atoms with van der Waals surface area (Å²) in [5.41, 5.74) is 3.78. The van der Waals surface area contributed by atoms with Crippen LogP contribution in [-0.2, 0) is 22.6 Å². The van der Waals surface area contributed by atoms with Gasteiger partial charge in [-0.25, -0.2) is 0 Å². The highest BCUT2D eigenvalue weighted by Gasteiger charge is 2.38. The van der Waals surface area contributed by atoms with E-state index in [0.717, 1.165) is 28.0 Å². The molecule has 1 aliphatic heterocycles. The number of rotatable bonds is 10. The van der Waals surface area contributed by atoms with Crippen LogP contribution in [0.4, 0.5) is 0 Å². The first-order valence-corrected chi connectivity index (χ1v) is 13.7. The number of hydrogen-bond acceptors (Lipinski definition) is 5. The van der Waals surface area contributed by atoms with E-state index in [1.54, 1.807) is 18.1 Å². The van der Waals surface area contributed by atoms with Gasteiger partial charge in [0.05, 0.1) is 7.11 Å². The fraction of sp³-hybridized carbons (Fsp3) is 0.235. The van der Waals surface area contributed by atoms with Crippen LogP contribution >= 0.6 is 0 Å². The minimum atomic E-state index is -0.886. The molecule has 5 rings (SSSR count). The van der Waals surface area contributed by atoms with Crippen molar-refractivity contribution in [3.05, 3.63) is 125 Å². The Morgan fingerprint density at radius 3 is 2.27 bits per heavy atom. The van der Waals surface area contributed by atoms with E-state index >= 15 is 0 Å². The molecule has 0 unspecified atom stereocenters. The maximum atomic E-state index is 14.2. The maximum absolute atomic E-state index is 14.2. The zero-order chi connectivity index (χ0) is 28.6. The van der Waals surface area contributed by atoms with E-state index in [1.807, 2.05) is 104 Å². The average molecular weight is 551 g/mol. The lowest BCUT2D eigenvalue weighted by molar-refractivity contribution is -0.148. The summed E-state index contributed by atoms with van der Waals surface area (Å²) in [5.74, 6) is 1.27. The van der Waals surface area contributed by atoms with Gasteiger partial charge in [-0.15, -0.1) is 0 Å². The van der Waals surface area contributed by atoms with Crippen LogP contribution in [0.25, 0.3) is 0 Å². The molecule has 0 spiro atoms. The summed E-state index contributed by atoms with van der Waals surface area (Å²) in [4.78, 5) is 29.8. The molecule has 1 aliphatic rings. The summed E-state index contributed by atoms with van der Waals surface area (Å²) in [6.45, 7) is 2.68. The number of nitrogens with zero attached hydrogens (tertiary/aromatic N) is 1. The molecule has 0 radical (unpaired) electrons. The lowest BCUT2D eigenvalue weighted by Crippen LogP contribution is -2.51. The monoisotopic (exact) mass is 550 g/mol. The van der Waals surface area contributed by atoms with E-state index in [0.29, 0.717) is 31.0 Å². The first-order valence-electron chi connectivity index (χ1n) is 13.7. The van der Waals surface area contributed by atoms with E-state index < -0.39 is 12.1 Å². The third-order valence-electron chi connectivity index (χ3n) is 7.13. The van der Waals surface area contributed by atoms with Gasteiger partial charge in [-0.1, -0.05) is 84.4 Å². The summed E-state index contributed by atoms with van der Waals surface area (Å²) in [5, 5.41) is 3.06. The highest BCUT2D eigenvalue weighted by atomic mass is 16.6. The summed E-state index contributed by atoms with van der Waals surface area (Å²) in [6.07, 6.45) is -0.312. The Bertz CT molecular complexity index is 1450. The SMILES string of the molecule is COc1ccc(CNC(=O)[C@@H](c2ccc(C)cc2)N(CCc2ccccc2)C(=O)[C@H]2COc3ccccc3O2)cc1. The second kappa shape index (κ2) is 13.0. The van der Waals surface area contributed by atoms with Crippen molar-refractivity contribution < 1.29 is 23.8 Å². The Morgan fingerprint density at radius 2 is 1.56 bits per heavy atom. The number of carbonyl (C=O) groups is 2. The molecule has 41 heavy (non-hydrogen) atoms. The molecule has 4 aromatic rings. The third-order valence-corrected chi connectivity index (χ3v) is 7.13. The average Bonchev–Trinajstić information content (AvgIpc) is 3.02. The molecule has 0 bridgehead atoms. The Kier molecular flexibility index (Phi) is 8.84. The smallest absolute Gasteiger partial charge is 0.268 e. The van der Waals surface area contributed by atoms with Gasteiger partial charge in [0.1, 0.15) is 18.4 Å². The number of hydrogen-bond donors (Lipinski definition) is 1. The normalized spacial score (nSPS) is 14.5. The van der Waals surface area contributed by atoms with Crippen LogP contribution in [0.5, 0.6) is 17.2 Å². The molecule has 7 heteroatoms. The Labute approximate surface area is 240 Å². The molecule has 2 amide bonds. The van der Waals surface area contributed by atoms with Crippen molar-refractivity contribution in [2.75, 3.05) is 20.3 Å². The minimum absolute atomic E-state index is 0.0613. The molecular formula is C34H34N2O5. The quantitative estimate of drug-likeness (QED) is 0.291. The highest BCUT2D eigenvalue weighted by molar-refractivity contribution is 5.90. The van der Waals surface area contributed by atoms with E-state index in [9.17, 15) is 9.59 Å².